The second kappa shape index (κ2) is 7.67. The van der Waals surface area contributed by atoms with Crippen molar-refractivity contribution in [3.8, 4) is 17.3 Å². The van der Waals surface area contributed by atoms with Crippen molar-refractivity contribution < 1.29 is 9.15 Å². The van der Waals surface area contributed by atoms with Gasteiger partial charge in [0, 0.05) is 6.54 Å². The molecule has 2 heterocycles. The first-order valence-corrected chi connectivity index (χ1v) is 9.07. The summed E-state index contributed by atoms with van der Waals surface area (Å²) in [6.45, 7) is 1.48. The van der Waals surface area contributed by atoms with Crippen LogP contribution in [0.15, 0.2) is 71.3 Å². The van der Waals surface area contributed by atoms with Crippen molar-refractivity contribution in [3.63, 3.8) is 0 Å². The van der Waals surface area contributed by atoms with Gasteiger partial charge in [-0.25, -0.2) is 4.98 Å². The second-order valence-corrected chi connectivity index (χ2v) is 6.45. The number of nitrogens with zero attached hydrogens (tertiary/aromatic N) is 2. The third-order valence-electron chi connectivity index (χ3n) is 4.27. The summed E-state index contributed by atoms with van der Waals surface area (Å²) in [7, 11) is 0. The first kappa shape index (κ1) is 16.7. The number of hydrogen-bond donors (Lipinski definition) is 0. The highest BCUT2D eigenvalue weighted by atomic mass is 35.5. The number of para-hydroxylation sites is 3. The SMILES string of the molecule is Clc1ccccc1OCCCCn1c(-c2ccco2)nc2ccccc21. The molecule has 0 aliphatic rings. The summed E-state index contributed by atoms with van der Waals surface area (Å²) in [5, 5.41) is 0.646. The molecule has 0 fully saturated rings. The van der Waals surface area contributed by atoms with Gasteiger partial charge in [0.15, 0.2) is 11.6 Å². The van der Waals surface area contributed by atoms with E-state index in [1.165, 1.54) is 0 Å². The average molecular weight is 367 g/mol. The molecule has 2 aromatic carbocycles. The number of hydrogen-bond acceptors (Lipinski definition) is 3. The van der Waals surface area contributed by atoms with Crippen molar-refractivity contribution in [2.24, 2.45) is 0 Å². The predicted molar refractivity (Wildman–Crippen MR) is 104 cm³/mol. The zero-order chi connectivity index (χ0) is 17.8. The van der Waals surface area contributed by atoms with Crippen LogP contribution >= 0.6 is 11.6 Å². The minimum atomic E-state index is 0.631. The number of fused-ring (bicyclic) bond motifs is 1. The van der Waals surface area contributed by atoms with Crippen LogP contribution in [0.3, 0.4) is 0 Å². The number of unbranched alkanes of at least 4 members (excludes halogenated alkanes) is 1. The normalized spacial score (nSPS) is 11.1. The zero-order valence-electron chi connectivity index (χ0n) is 14.3. The van der Waals surface area contributed by atoms with Gasteiger partial charge in [-0.05, 0) is 49.2 Å². The molecule has 5 heteroatoms. The fourth-order valence-electron chi connectivity index (χ4n) is 3.01. The lowest BCUT2D eigenvalue weighted by atomic mass is 10.3. The van der Waals surface area contributed by atoms with Crippen LogP contribution in [-0.4, -0.2) is 16.2 Å². The number of aromatic nitrogens is 2. The molecule has 0 aliphatic heterocycles. The Balaban J connectivity index is 1.44. The molecule has 0 spiro atoms. The van der Waals surface area contributed by atoms with E-state index in [0.717, 1.165) is 47.8 Å². The molecule has 0 atom stereocenters. The fourth-order valence-corrected chi connectivity index (χ4v) is 3.20. The standard InChI is InChI=1S/C21H19ClN2O2/c22-16-8-1-4-11-19(16)25-14-6-5-13-24-18-10-3-2-9-17(18)23-21(24)20-12-7-15-26-20/h1-4,7-12,15H,5-6,13-14H2. The highest BCUT2D eigenvalue weighted by molar-refractivity contribution is 6.32. The third-order valence-corrected chi connectivity index (χ3v) is 4.58. The Bertz CT molecular complexity index is 992. The summed E-state index contributed by atoms with van der Waals surface area (Å²) in [6.07, 6.45) is 3.57. The number of ether oxygens (including phenoxy) is 1. The van der Waals surface area contributed by atoms with Gasteiger partial charge in [0.1, 0.15) is 5.75 Å². The predicted octanol–water partition coefficient (Wildman–Crippen LogP) is 5.81. The van der Waals surface area contributed by atoms with Crippen LogP contribution in [0.5, 0.6) is 5.75 Å². The molecule has 0 radical (unpaired) electrons. The Morgan fingerprint density at radius 1 is 0.962 bits per heavy atom. The van der Waals surface area contributed by atoms with Gasteiger partial charge in [0.2, 0.25) is 0 Å². The van der Waals surface area contributed by atoms with Crippen LogP contribution in [-0.2, 0) is 6.54 Å². The van der Waals surface area contributed by atoms with E-state index < -0.39 is 0 Å². The Kier molecular flexibility index (Phi) is 4.93. The summed E-state index contributed by atoms with van der Waals surface area (Å²) >= 11 is 6.11. The van der Waals surface area contributed by atoms with E-state index in [1.54, 1.807) is 6.26 Å². The van der Waals surface area contributed by atoms with E-state index in [-0.39, 0.29) is 0 Å². The molecule has 4 rings (SSSR count). The Hall–Kier alpha value is -2.72. The van der Waals surface area contributed by atoms with E-state index in [1.807, 2.05) is 54.6 Å². The van der Waals surface area contributed by atoms with Gasteiger partial charge in [-0.2, -0.15) is 0 Å². The molecular formula is C21H19ClN2O2. The second-order valence-electron chi connectivity index (χ2n) is 6.04. The lowest BCUT2D eigenvalue weighted by Crippen LogP contribution is -2.04. The number of halogens is 1. The minimum Gasteiger partial charge on any atom is -0.492 e. The summed E-state index contributed by atoms with van der Waals surface area (Å²) < 4.78 is 13.5. The van der Waals surface area contributed by atoms with Crippen molar-refractivity contribution in [3.05, 3.63) is 71.9 Å². The van der Waals surface area contributed by atoms with Crippen molar-refractivity contribution >= 4 is 22.6 Å². The molecule has 0 N–H and O–H groups in total. The van der Waals surface area contributed by atoms with Crippen molar-refractivity contribution in [1.82, 2.24) is 9.55 Å². The number of rotatable bonds is 7. The van der Waals surface area contributed by atoms with Crippen LogP contribution in [0.4, 0.5) is 0 Å². The smallest absolute Gasteiger partial charge is 0.177 e. The van der Waals surface area contributed by atoms with Crippen molar-refractivity contribution in [1.29, 1.82) is 0 Å². The number of benzene rings is 2. The maximum absolute atomic E-state index is 6.11. The quantitative estimate of drug-likeness (QED) is 0.387. The fraction of sp³-hybridized carbons (Fsp3) is 0.190. The van der Waals surface area contributed by atoms with Crippen molar-refractivity contribution in [2.75, 3.05) is 6.61 Å². The van der Waals surface area contributed by atoms with Gasteiger partial charge in [-0.1, -0.05) is 35.9 Å². The van der Waals surface area contributed by atoms with Crippen LogP contribution in [0.2, 0.25) is 5.02 Å². The average Bonchev–Trinajstić information content (AvgIpc) is 3.31. The molecule has 0 saturated heterocycles. The maximum atomic E-state index is 6.11. The number of aryl methyl sites for hydroxylation is 1. The Morgan fingerprint density at radius 2 is 1.81 bits per heavy atom. The highest BCUT2D eigenvalue weighted by Crippen LogP contribution is 2.26. The van der Waals surface area contributed by atoms with Gasteiger partial charge >= 0.3 is 0 Å². The highest BCUT2D eigenvalue weighted by Gasteiger charge is 2.14. The molecule has 0 amide bonds. The Morgan fingerprint density at radius 3 is 2.65 bits per heavy atom. The van der Waals surface area contributed by atoms with Gasteiger partial charge in [0.05, 0.1) is 28.9 Å². The number of imidazole rings is 1. The maximum Gasteiger partial charge on any atom is 0.177 e. The summed E-state index contributed by atoms with van der Waals surface area (Å²) in [6, 6.07) is 19.5. The molecule has 132 valence electrons. The topological polar surface area (TPSA) is 40.2 Å². The lowest BCUT2D eigenvalue weighted by Gasteiger charge is -2.10. The zero-order valence-corrected chi connectivity index (χ0v) is 15.0. The summed E-state index contributed by atoms with van der Waals surface area (Å²) in [5.74, 6) is 2.38. The van der Waals surface area contributed by atoms with Crippen LogP contribution < -0.4 is 4.74 Å². The van der Waals surface area contributed by atoms with E-state index in [2.05, 4.69) is 10.6 Å². The van der Waals surface area contributed by atoms with Crippen LogP contribution in [0, 0.1) is 0 Å². The van der Waals surface area contributed by atoms with Crippen LogP contribution in [0.25, 0.3) is 22.6 Å². The number of furan rings is 1. The van der Waals surface area contributed by atoms with E-state index in [9.17, 15) is 0 Å². The van der Waals surface area contributed by atoms with Gasteiger partial charge in [-0.15, -0.1) is 0 Å². The monoisotopic (exact) mass is 366 g/mol. The first-order chi connectivity index (χ1) is 12.8. The lowest BCUT2D eigenvalue weighted by molar-refractivity contribution is 0.304. The van der Waals surface area contributed by atoms with E-state index >= 15 is 0 Å². The largest absolute Gasteiger partial charge is 0.492 e. The minimum absolute atomic E-state index is 0.631. The Labute approximate surface area is 157 Å². The van der Waals surface area contributed by atoms with Gasteiger partial charge in [-0.3, -0.25) is 0 Å². The molecule has 4 aromatic rings. The summed E-state index contributed by atoms with van der Waals surface area (Å²) in [5.41, 5.74) is 2.09. The van der Waals surface area contributed by atoms with Gasteiger partial charge in [0.25, 0.3) is 0 Å². The summed E-state index contributed by atoms with van der Waals surface area (Å²) in [4.78, 5) is 4.73. The van der Waals surface area contributed by atoms with Crippen LogP contribution in [0.1, 0.15) is 12.8 Å². The molecule has 0 aliphatic carbocycles. The third kappa shape index (κ3) is 3.46. The van der Waals surface area contributed by atoms with E-state index in [0.29, 0.717) is 11.6 Å². The molecule has 0 saturated carbocycles. The van der Waals surface area contributed by atoms with Gasteiger partial charge < -0.3 is 13.7 Å². The molecule has 4 nitrogen and oxygen atoms in total. The van der Waals surface area contributed by atoms with Crippen molar-refractivity contribution in [2.45, 2.75) is 19.4 Å². The van der Waals surface area contributed by atoms with E-state index in [4.69, 9.17) is 25.7 Å². The molecule has 26 heavy (non-hydrogen) atoms. The molecule has 2 aromatic heterocycles. The molecule has 0 unspecified atom stereocenters. The first-order valence-electron chi connectivity index (χ1n) is 8.69. The molecule has 0 bridgehead atoms. The molecular weight excluding hydrogens is 348 g/mol.